The number of anilines is 1. The van der Waals surface area contributed by atoms with E-state index in [9.17, 15) is 4.79 Å². The van der Waals surface area contributed by atoms with Crippen LogP contribution in [0.4, 0.5) is 5.82 Å². The van der Waals surface area contributed by atoms with Crippen LogP contribution in [0.25, 0.3) is 0 Å². The highest BCUT2D eigenvalue weighted by Gasteiger charge is 2.16. The second-order valence-electron chi connectivity index (χ2n) is 2.30. The molecule has 0 aliphatic heterocycles. The van der Waals surface area contributed by atoms with Crippen LogP contribution >= 0.6 is 11.8 Å². The van der Waals surface area contributed by atoms with Crippen LogP contribution in [-0.2, 0) is 4.74 Å². The maximum atomic E-state index is 11.3. The Labute approximate surface area is 85.7 Å². The van der Waals surface area contributed by atoms with Crippen LogP contribution in [0, 0.1) is 0 Å². The Hall–Kier alpha value is -1.40. The quantitative estimate of drug-likeness (QED) is 0.343. The standard InChI is InChI=1S/C7H9ClN4O2/c1-2-14-7(13)5-3-4-10-11-6(5)12(8)9/h3-4H,2,9H2,1H3. The second kappa shape index (κ2) is 4.73. The van der Waals surface area contributed by atoms with Gasteiger partial charge in [0.1, 0.15) is 5.56 Å². The Balaban J connectivity index is 3.00. The Morgan fingerprint density at radius 3 is 3.07 bits per heavy atom. The Bertz CT molecular complexity index is 331. The van der Waals surface area contributed by atoms with Gasteiger partial charge in [-0.1, -0.05) is 0 Å². The van der Waals surface area contributed by atoms with E-state index in [1.165, 1.54) is 12.3 Å². The van der Waals surface area contributed by atoms with Crippen LogP contribution in [0.1, 0.15) is 17.3 Å². The van der Waals surface area contributed by atoms with Crippen LogP contribution in [-0.4, -0.2) is 22.8 Å². The number of hydrogen-bond acceptors (Lipinski definition) is 6. The summed E-state index contributed by atoms with van der Waals surface area (Å²) in [7, 11) is 0. The number of halogens is 1. The summed E-state index contributed by atoms with van der Waals surface area (Å²) in [5, 5.41) is 7.14. The molecule has 0 amide bonds. The molecule has 7 heteroatoms. The van der Waals surface area contributed by atoms with E-state index < -0.39 is 5.97 Å². The van der Waals surface area contributed by atoms with Gasteiger partial charge < -0.3 is 4.74 Å². The zero-order valence-corrected chi connectivity index (χ0v) is 8.23. The van der Waals surface area contributed by atoms with Gasteiger partial charge in [-0.25, -0.2) is 10.6 Å². The van der Waals surface area contributed by atoms with Gasteiger partial charge in [0.25, 0.3) is 0 Å². The largest absolute Gasteiger partial charge is 0.462 e. The predicted molar refractivity (Wildman–Crippen MR) is 50.5 cm³/mol. The number of hydrazine groups is 1. The fourth-order valence-corrected chi connectivity index (χ4v) is 0.975. The van der Waals surface area contributed by atoms with Crippen molar-refractivity contribution < 1.29 is 9.53 Å². The molecule has 1 aromatic rings. The number of aromatic nitrogens is 2. The molecule has 0 unspecified atom stereocenters. The Morgan fingerprint density at radius 1 is 1.79 bits per heavy atom. The number of carbonyl (C=O) groups excluding carboxylic acids is 1. The van der Waals surface area contributed by atoms with Crippen molar-refractivity contribution in [3.05, 3.63) is 17.8 Å². The normalized spacial score (nSPS) is 9.64. The monoisotopic (exact) mass is 216 g/mol. The molecule has 0 atom stereocenters. The molecule has 1 aromatic heterocycles. The van der Waals surface area contributed by atoms with Crippen molar-refractivity contribution >= 4 is 23.6 Å². The van der Waals surface area contributed by atoms with Gasteiger partial charge in [0.2, 0.25) is 0 Å². The minimum Gasteiger partial charge on any atom is -0.462 e. The third-order valence-corrected chi connectivity index (χ3v) is 1.56. The first-order valence-electron chi connectivity index (χ1n) is 3.86. The summed E-state index contributed by atoms with van der Waals surface area (Å²) in [5.74, 6) is 4.77. The van der Waals surface area contributed by atoms with E-state index in [4.69, 9.17) is 22.4 Å². The number of ether oxygens (including phenoxy) is 1. The number of rotatable bonds is 3. The van der Waals surface area contributed by atoms with Gasteiger partial charge in [-0.15, -0.1) is 5.10 Å². The van der Waals surface area contributed by atoms with Crippen LogP contribution in [0.15, 0.2) is 12.3 Å². The highest BCUT2D eigenvalue weighted by molar-refractivity contribution is 6.25. The van der Waals surface area contributed by atoms with Crippen molar-refractivity contribution in [2.24, 2.45) is 5.84 Å². The van der Waals surface area contributed by atoms with Gasteiger partial charge >= 0.3 is 5.97 Å². The number of nitrogens with zero attached hydrogens (tertiary/aromatic N) is 3. The molecule has 76 valence electrons. The third kappa shape index (κ3) is 2.30. The summed E-state index contributed by atoms with van der Waals surface area (Å²) >= 11 is 5.45. The van der Waals surface area contributed by atoms with E-state index in [2.05, 4.69) is 10.2 Å². The topological polar surface area (TPSA) is 81.3 Å². The van der Waals surface area contributed by atoms with Gasteiger partial charge in [0, 0.05) is 11.8 Å². The number of esters is 1. The summed E-state index contributed by atoms with van der Waals surface area (Å²) in [6, 6.07) is 1.43. The molecule has 0 radical (unpaired) electrons. The van der Waals surface area contributed by atoms with Crippen molar-refractivity contribution in [3.8, 4) is 0 Å². The molecule has 0 aliphatic carbocycles. The van der Waals surface area contributed by atoms with Gasteiger partial charge in [-0.05, 0) is 13.0 Å². The fraction of sp³-hybridized carbons (Fsp3) is 0.286. The fourth-order valence-electron chi connectivity index (χ4n) is 0.850. The summed E-state index contributed by atoms with van der Waals surface area (Å²) in [6.07, 6.45) is 1.36. The van der Waals surface area contributed by atoms with Gasteiger partial charge in [-0.2, -0.15) is 9.63 Å². The zero-order chi connectivity index (χ0) is 10.6. The third-order valence-electron chi connectivity index (χ3n) is 1.40. The number of hydrogen-bond donors (Lipinski definition) is 1. The van der Waals surface area contributed by atoms with E-state index in [-0.39, 0.29) is 18.0 Å². The molecule has 1 rings (SSSR count). The molecule has 0 saturated carbocycles. The minimum absolute atomic E-state index is 0.0626. The van der Waals surface area contributed by atoms with Crippen molar-refractivity contribution in [3.63, 3.8) is 0 Å². The highest BCUT2D eigenvalue weighted by atomic mass is 35.5. The lowest BCUT2D eigenvalue weighted by atomic mass is 10.3. The molecule has 0 aromatic carbocycles. The maximum absolute atomic E-state index is 11.3. The lowest BCUT2D eigenvalue weighted by Gasteiger charge is -2.10. The number of nitrogens with two attached hydrogens (primary N) is 1. The average Bonchev–Trinajstić information content (AvgIpc) is 2.18. The van der Waals surface area contributed by atoms with E-state index in [1.54, 1.807) is 6.92 Å². The first kappa shape index (κ1) is 10.7. The van der Waals surface area contributed by atoms with Crippen LogP contribution in [0.3, 0.4) is 0 Å². The van der Waals surface area contributed by atoms with E-state index in [1.807, 2.05) is 0 Å². The van der Waals surface area contributed by atoms with Crippen molar-refractivity contribution in [2.45, 2.75) is 6.92 Å². The second-order valence-corrected chi connectivity index (χ2v) is 2.66. The van der Waals surface area contributed by atoms with E-state index >= 15 is 0 Å². The van der Waals surface area contributed by atoms with Gasteiger partial charge in [0.15, 0.2) is 5.82 Å². The summed E-state index contributed by atoms with van der Waals surface area (Å²) in [5.41, 5.74) is 0.180. The van der Waals surface area contributed by atoms with Gasteiger partial charge in [0.05, 0.1) is 12.8 Å². The number of carbonyl (C=O) groups is 1. The van der Waals surface area contributed by atoms with Crippen molar-refractivity contribution in [1.29, 1.82) is 0 Å². The lowest BCUT2D eigenvalue weighted by Crippen LogP contribution is -2.23. The summed E-state index contributed by atoms with van der Waals surface area (Å²) in [6.45, 7) is 1.97. The molecule has 0 saturated heterocycles. The van der Waals surface area contributed by atoms with Crippen molar-refractivity contribution in [2.75, 3.05) is 11.1 Å². The molecule has 0 spiro atoms. The summed E-state index contributed by atoms with van der Waals surface area (Å²) < 4.78 is 5.46. The summed E-state index contributed by atoms with van der Waals surface area (Å²) in [4.78, 5) is 11.3. The predicted octanol–water partition coefficient (Wildman–Crippen LogP) is 0.487. The first-order valence-corrected chi connectivity index (χ1v) is 4.20. The lowest BCUT2D eigenvalue weighted by molar-refractivity contribution is 0.0526. The SMILES string of the molecule is CCOC(=O)c1ccnnc1N(N)Cl. The Kier molecular flexibility index (Phi) is 3.61. The molecular weight excluding hydrogens is 208 g/mol. The molecular formula is C7H9ClN4O2. The smallest absolute Gasteiger partial charge is 0.342 e. The van der Waals surface area contributed by atoms with Crippen LogP contribution in [0.2, 0.25) is 0 Å². The minimum atomic E-state index is -0.534. The molecule has 1 heterocycles. The highest BCUT2D eigenvalue weighted by Crippen LogP contribution is 2.15. The molecule has 2 N–H and O–H groups in total. The van der Waals surface area contributed by atoms with E-state index in [0.717, 1.165) is 0 Å². The van der Waals surface area contributed by atoms with Crippen LogP contribution in [0.5, 0.6) is 0 Å². The molecule has 0 bridgehead atoms. The molecule has 0 aliphatic rings. The first-order chi connectivity index (χ1) is 6.66. The maximum Gasteiger partial charge on any atom is 0.342 e. The molecule has 0 fully saturated rings. The van der Waals surface area contributed by atoms with Crippen molar-refractivity contribution in [1.82, 2.24) is 10.2 Å². The molecule has 6 nitrogen and oxygen atoms in total. The molecule has 14 heavy (non-hydrogen) atoms. The van der Waals surface area contributed by atoms with Crippen LogP contribution < -0.4 is 10.4 Å². The average molecular weight is 217 g/mol. The van der Waals surface area contributed by atoms with E-state index in [0.29, 0.717) is 4.53 Å². The van der Waals surface area contributed by atoms with Gasteiger partial charge in [-0.3, -0.25) is 0 Å². The Morgan fingerprint density at radius 2 is 2.50 bits per heavy atom. The zero-order valence-electron chi connectivity index (χ0n) is 7.48.